The van der Waals surface area contributed by atoms with Crippen LogP contribution in [0.1, 0.15) is 44.5 Å². The van der Waals surface area contributed by atoms with Gasteiger partial charge in [0.25, 0.3) is 5.56 Å². The molecule has 0 saturated carbocycles. The predicted octanol–water partition coefficient (Wildman–Crippen LogP) is 2.51. The molecule has 0 aliphatic carbocycles. The molecule has 3 rings (SSSR count). The van der Waals surface area contributed by atoms with Crippen molar-refractivity contribution in [1.82, 2.24) is 20.4 Å². The first kappa shape index (κ1) is 20.6. The van der Waals surface area contributed by atoms with Gasteiger partial charge in [-0.3, -0.25) is 9.59 Å². The molecule has 0 fully saturated rings. The number of nitrogens with zero attached hydrogens (tertiary/aromatic N) is 2. The number of benzene rings is 1. The third kappa shape index (κ3) is 5.22. The first-order chi connectivity index (χ1) is 13.8. The minimum Gasteiger partial charge on any atom is -0.497 e. The summed E-state index contributed by atoms with van der Waals surface area (Å²) < 4.78 is 10.5. The van der Waals surface area contributed by atoms with Crippen molar-refractivity contribution in [2.75, 3.05) is 13.7 Å². The van der Waals surface area contributed by atoms with Gasteiger partial charge in [0, 0.05) is 41.3 Å². The zero-order valence-electron chi connectivity index (χ0n) is 17.2. The standard InChI is InChI=1S/C21H26N4O4/c1-21(2,3)20-24-17(25-29-20)9-10-22-18(26)8-5-13-11-14-12-15(28-4)6-7-16(14)23-19(13)27/h6-7,11-12H,5,8-10H2,1-4H3,(H,22,26)(H,23,27). The van der Waals surface area contributed by atoms with Gasteiger partial charge in [0.2, 0.25) is 11.8 Å². The summed E-state index contributed by atoms with van der Waals surface area (Å²) in [6.07, 6.45) is 1.06. The molecule has 0 unspecified atom stereocenters. The lowest BCUT2D eigenvalue weighted by molar-refractivity contribution is -0.121. The number of methoxy groups -OCH3 is 1. The molecule has 1 amide bonds. The number of carbonyl (C=O) groups excluding carboxylic acids is 1. The fourth-order valence-electron chi connectivity index (χ4n) is 2.85. The van der Waals surface area contributed by atoms with Gasteiger partial charge in [-0.2, -0.15) is 4.98 Å². The van der Waals surface area contributed by atoms with Gasteiger partial charge in [0.05, 0.1) is 7.11 Å². The Morgan fingerprint density at radius 2 is 2.03 bits per heavy atom. The number of hydrogen-bond acceptors (Lipinski definition) is 6. The zero-order chi connectivity index (χ0) is 21.0. The lowest BCUT2D eigenvalue weighted by Gasteiger charge is -2.10. The van der Waals surface area contributed by atoms with Gasteiger partial charge < -0.3 is 19.6 Å². The van der Waals surface area contributed by atoms with Gasteiger partial charge in [0.1, 0.15) is 5.75 Å². The quantitative estimate of drug-likeness (QED) is 0.633. The summed E-state index contributed by atoms with van der Waals surface area (Å²) in [6.45, 7) is 6.40. The van der Waals surface area contributed by atoms with Gasteiger partial charge in [-0.25, -0.2) is 0 Å². The van der Waals surface area contributed by atoms with Crippen LogP contribution in [0.15, 0.2) is 33.6 Å². The second kappa shape index (κ2) is 8.46. The molecular formula is C21H26N4O4. The number of hydrogen-bond donors (Lipinski definition) is 2. The molecule has 3 aromatic rings. The molecule has 0 saturated heterocycles. The fourth-order valence-corrected chi connectivity index (χ4v) is 2.85. The first-order valence-electron chi connectivity index (χ1n) is 9.56. The molecule has 8 heteroatoms. The number of rotatable bonds is 7. The lowest BCUT2D eigenvalue weighted by atomic mass is 9.97. The van der Waals surface area contributed by atoms with Crippen LogP contribution < -0.4 is 15.6 Å². The summed E-state index contributed by atoms with van der Waals surface area (Å²) in [5, 5.41) is 7.63. The topological polar surface area (TPSA) is 110 Å². The molecule has 2 N–H and O–H groups in total. The zero-order valence-corrected chi connectivity index (χ0v) is 17.2. The summed E-state index contributed by atoms with van der Waals surface area (Å²) in [7, 11) is 1.59. The number of carbonyl (C=O) groups is 1. The molecule has 8 nitrogen and oxygen atoms in total. The number of H-pyrrole nitrogens is 1. The van der Waals surface area contributed by atoms with Crippen LogP contribution in [-0.2, 0) is 23.1 Å². The smallest absolute Gasteiger partial charge is 0.251 e. The number of aromatic amines is 1. The molecule has 0 aliphatic heterocycles. The van der Waals surface area contributed by atoms with E-state index in [9.17, 15) is 9.59 Å². The van der Waals surface area contributed by atoms with E-state index in [2.05, 4.69) is 20.4 Å². The van der Waals surface area contributed by atoms with Gasteiger partial charge in [-0.1, -0.05) is 25.9 Å². The molecule has 2 heterocycles. The molecule has 154 valence electrons. The van der Waals surface area contributed by atoms with Gasteiger partial charge in [-0.15, -0.1) is 0 Å². The molecular weight excluding hydrogens is 372 g/mol. The number of pyridine rings is 1. The number of aromatic nitrogens is 3. The van der Waals surface area contributed by atoms with E-state index < -0.39 is 0 Å². The number of amides is 1. The SMILES string of the molecule is COc1ccc2[nH]c(=O)c(CCC(=O)NCCc3noc(C(C)(C)C)n3)cc2c1. The van der Waals surface area contributed by atoms with Crippen molar-refractivity contribution >= 4 is 16.8 Å². The van der Waals surface area contributed by atoms with Crippen molar-refractivity contribution in [2.24, 2.45) is 0 Å². The highest BCUT2D eigenvalue weighted by atomic mass is 16.5. The van der Waals surface area contributed by atoms with Crippen molar-refractivity contribution in [3.05, 3.63) is 51.9 Å². The average molecular weight is 398 g/mol. The van der Waals surface area contributed by atoms with Gasteiger partial charge >= 0.3 is 0 Å². The monoisotopic (exact) mass is 398 g/mol. The van der Waals surface area contributed by atoms with Gasteiger partial charge in [-0.05, 0) is 30.7 Å². The van der Waals surface area contributed by atoms with Crippen molar-refractivity contribution < 1.29 is 14.1 Å². The van der Waals surface area contributed by atoms with Crippen LogP contribution in [0.2, 0.25) is 0 Å². The molecule has 1 aromatic carbocycles. The summed E-state index contributed by atoms with van der Waals surface area (Å²) in [6, 6.07) is 7.25. The van der Waals surface area contributed by atoms with E-state index in [1.807, 2.05) is 26.8 Å². The molecule has 2 aromatic heterocycles. The molecule has 0 spiro atoms. The Hall–Kier alpha value is -3.16. The fraction of sp³-hybridized carbons (Fsp3) is 0.429. The highest BCUT2D eigenvalue weighted by Gasteiger charge is 2.21. The van der Waals surface area contributed by atoms with Crippen LogP contribution in [0.25, 0.3) is 10.9 Å². The minimum absolute atomic E-state index is 0.130. The molecule has 0 radical (unpaired) electrons. The van der Waals surface area contributed by atoms with Crippen LogP contribution in [0.5, 0.6) is 5.75 Å². The highest BCUT2D eigenvalue weighted by molar-refractivity contribution is 5.81. The van der Waals surface area contributed by atoms with Crippen LogP contribution in [0.4, 0.5) is 0 Å². The van der Waals surface area contributed by atoms with Crippen molar-refractivity contribution in [1.29, 1.82) is 0 Å². The predicted molar refractivity (Wildman–Crippen MR) is 109 cm³/mol. The minimum atomic E-state index is -0.203. The number of nitrogens with one attached hydrogen (secondary N) is 2. The van der Waals surface area contributed by atoms with Crippen molar-refractivity contribution in [3.8, 4) is 5.75 Å². The van der Waals surface area contributed by atoms with E-state index in [-0.39, 0.29) is 23.3 Å². The Morgan fingerprint density at radius 3 is 2.72 bits per heavy atom. The van der Waals surface area contributed by atoms with Crippen LogP contribution in [0.3, 0.4) is 0 Å². The van der Waals surface area contributed by atoms with Crippen molar-refractivity contribution in [2.45, 2.75) is 45.4 Å². The van der Waals surface area contributed by atoms with Crippen LogP contribution >= 0.6 is 0 Å². The molecule has 0 atom stereocenters. The number of aryl methyl sites for hydroxylation is 1. The third-order valence-corrected chi connectivity index (χ3v) is 4.53. The highest BCUT2D eigenvalue weighted by Crippen LogP contribution is 2.20. The lowest BCUT2D eigenvalue weighted by Crippen LogP contribution is -2.27. The van der Waals surface area contributed by atoms with E-state index in [1.165, 1.54) is 0 Å². The second-order valence-corrected chi connectivity index (χ2v) is 7.94. The van der Waals surface area contributed by atoms with E-state index in [0.29, 0.717) is 42.4 Å². The summed E-state index contributed by atoms with van der Waals surface area (Å²) >= 11 is 0. The van der Waals surface area contributed by atoms with E-state index in [4.69, 9.17) is 9.26 Å². The maximum Gasteiger partial charge on any atom is 0.251 e. The van der Waals surface area contributed by atoms with Crippen LogP contribution in [0, 0.1) is 0 Å². The average Bonchev–Trinajstić information content (AvgIpc) is 3.15. The number of ether oxygens (including phenoxy) is 1. The first-order valence-corrected chi connectivity index (χ1v) is 9.56. The van der Waals surface area contributed by atoms with Gasteiger partial charge in [0.15, 0.2) is 5.82 Å². The summed E-state index contributed by atoms with van der Waals surface area (Å²) in [5.41, 5.74) is 0.912. The van der Waals surface area contributed by atoms with Crippen molar-refractivity contribution in [3.63, 3.8) is 0 Å². The second-order valence-electron chi connectivity index (χ2n) is 7.94. The Kier molecular flexibility index (Phi) is 6.00. The van der Waals surface area contributed by atoms with E-state index >= 15 is 0 Å². The summed E-state index contributed by atoms with van der Waals surface area (Å²) in [5.74, 6) is 1.72. The molecule has 29 heavy (non-hydrogen) atoms. The normalized spacial score (nSPS) is 11.6. The molecule has 0 aliphatic rings. The van der Waals surface area contributed by atoms with E-state index in [1.54, 1.807) is 25.3 Å². The summed E-state index contributed by atoms with van der Waals surface area (Å²) in [4.78, 5) is 31.6. The van der Waals surface area contributed by atoms with Crippen LogP contribution in [-0.4, -0.2) is 34.7 Å². The maximum atomic E-state index is 12.2. The molecule has 0 bridgehead atoms. The maximum absolute atomic E-state index is 12.2. The largest absolute Gasteiger partial charge is 0.497 e. The Morgan fingerprint density at radius 1 is 1.24 bits per heavy atom. The third-order valence-electron chi connectivity index (χ3n) is 4.53. The Labute approximate surface area is 168 Å². The Bertz CT molecular complexity index is 1060. The van der Waals surface area contributed by atoms with E-state index in [0.717, 1.165) is 10.9 Å². The Balaban J connectivity index is 1.53. The number of fused-ring (bicyclic) bond motifs is 1.